The first kappa shape index (κ1) is 22.8. The molecule has 1 aliphatic rings. The van der Waals surface area contributed by atoms with Gasteiger partial charge in [0, 0.05) is 24.2 Å². The van der Waals surface area contributed by atoms with Crippen LogP contribution in [-0.4, -0.2) is 73.7 Å². The van der Waals surface area contributed by atoms with E-state index < -0.39 is 54.6 Å². The van der Waals surface area contributed by atoms with Gasteiger partial charge in [-0.25, -0.2) is 0 Å². The molecule has 0 bridgehead atoms. The number of nitrogen functional groups attached to an aromatic ring is 1. The zero-order valence-corrected chi connectivity index (χ0v) is 16.5. The van der Waals surface area contributed by atoms with Crippen molar-refractivity contribution in [3.63, 3.8) is 0 Å². The number of hydrogen-bond acceptors (Lipinski definition) is 10. The van der Waals surface area contributed by atoms with Crippen LogP contribution in [0, 0.1) is 0 Å². The molecule has 1 aliphatic heterocycles. The van der Waals surface area contributed by atoms with Crippen molar-refractivity contribution in [2.45, 2.75) is 43.5 Å². The SMILES string of the molecule is Nc1ccc(CCC(=O)c2c(O)cc(O)cc2OC2OC(CO)C(O)C(O)C2O)cc1. The number of aliphatic hydroxyl groups is 4. The highest BCUT2D eigenvalue weighted by Crippen LogP contribution is 2.36. The lowest BCUT2D eigenvalue weighted by atomic mass is 9.99. The average molecular weight is 435 g/mol. The monoisotopic (exact) mass is 435 g/mol. The van der Waals surface area contributed by atoms with Gasteiger partial charge in [-0.1, -0.05) is 12.1 Å². The molecule has 168 valence electrons. The number of ether oxygens (including phenoxy) is 2. The van der Waals surface area contributed by atoms with E-state index in [1.54, 1.807) is 24.3 Å². The number of hydrogen-bond donors (Lipinski definition) is 7. The molecular formula is C21H25NO9. The summed E-state index contributed by atoms with van der Waals surface area (Å²) in [5.41, 5.74) is 6.83. The number of Topliss-reactive ketones (excluding diaryl/α,β-unsaturated/α-hetero) is 1. The van der Waals surface area contributed by atoms with Crippen molar-refractivity contribution in [2.24, 2.45) is 0 Å². The molecule has 1 heterocycles. The Morgan fingerprint density at radius 3 is 2.35 bits per heavy atom. The highest BCUT2D eigenvalue weighted by Gasteiger charge is 2.45. The van der Waals surface area contributed by atoms with Crippen molar-refractivity contribution in [3.8, 4) is 17.2 Å². The van der Waals surface area contributed by atoms with Crippen molar-refractivity contribution >= 4 is 11.5 Å². The number of carbonyl (C=O) groups excluding carboxylic acids is 1. The molecule has 2 aromatic rings. The van der Waals surface area contributed by atoms with E-state index in [4.69, 9.17) is 15.2 Å². The molecule has 0 radical (unpaired) electrons. The maximum atomic E-state index is 12.8. The summed E-state index contributed by atoms with van der Waals surface area (Å²) in [4.78, 5) is 12.8. The highest BCUT2D eigenvalue weighted by molar-refractivity contribution is 6.01. The van der Waals surface area contributed by atoms with Gasteiger partial charge in [-0.15, -0.1) is 0 Å². The summed E-state index contributed by atoms with van der Waals surface area (Å²) in [6.07, 6.45) is -7.46. The maximum absolute atomic E-state index is 12.8. The largest absolute Gasteiger partial charge is 0.508 e. The van der Waals surface area contributed by atoms with E-state index in [1.807, 2.05) is 0 Å². The third kappa shape index (κ3) is 5.06. The minimum absolute atomic E-state index is 0.00665. The Balaban J connectivity index is 1.82. The number of anilines is 1. The van der Waals surface area contributed by atoms with E-state index >= 15 is 0 Å². The van der Waals surface area contributed by atoms with Crippen LogP contribution in [0.5, 0.6) is 17.2 Å². The first-order valence-electron chi connectivity index (χ1n) is 9.62. The summed E-state index contributed by atoms with van der Waals surface area (Å²) < 4.78 is 10.8. The molecule has 0 aliphatic carbocycles. The van der Waals surface area contributed by atoms with Crippen LogP contribution < -0.4 is 10.5 Å². The first-order valence-corrected chi connectivity index (χ1v) is 9.62. The van der Waals surface area contributed by atoms with Crippen molar-refractivity contribution in [2.75, 3.05) is 12.3 Å². The molecule has 8 N–H and O–H groups in total. The number of carbonyl (C=O) groups is 1. The molecule has 10 nitrogen and oxygen atoms in total. The molecule has 10 heteroatoms. The molecule has 3 rings (SSSR count). The van der Waals surface area contributed by atoms with Gasteiger partial charge in [-0.05, 0) is 24.1 Å². The quantitative estimate of drug-likeness (QED) is 0.225. The fourth-order valence-electron chi connectivity index (χ4n) is 3.32. The van der Waals surface area contributed by atoms with E-state index in [0.717, 1.165) is 17.7 Å². The van der Waals surface area contributed by atoms with Gasteiger partial charge < -0.3 is 45.8 Å². The Labute approximate surface area is 177 Å². The van der Waals surface area contributed by atoms with Crippen molar-refractivity contribution in [3.05, 3.63) is 47.5 Å². The number of aromatic hydroxyl groups is 2. The average Bonchev–Trinajstić information content (AvgIpc) is 2.73. The lowest BCUT2D eigenvalue weighted by Crippen LogP contribution is -2.60. The van der Waals surface area contributed by atoms with Gasteiger partial charge in [-0.2, -0.15) is 0 Å². The second-order valence-electron chi connectivity index (χ2n) is 7.32. The van der Waals surface area contributed by atoms with Crippen LogP contribution in [-0.2, 0) is 11.2 Å². The molecule has 5 unspecified atom stereocenters. The van der Waals surface area contributed by atoms with E-state index in [9.17, 15) is 35.4 Å². The second kappa shape index (κ2) is 9.50. The summed E-state index contributed by atoms with van der Waals surface area (Å²) in [5, 5.41) is 59.3. The number of aryl methyl sites for hydroxylation is 1. The van der Waals surface area contributed by atoms with Crippen LogP contribution in [0.1, 0.15) is 22.3 Å². The second-order valence-corrected chi connectivity index (χ2v) is 7.32. The summed E-state index contributed by atoms with van der Waals surface area (Å²) in [7, 11) is 0. The summed E-state index contributed by atoms with van der Waals surface area (Å²) in [5.74, 6) is -1.74. The minimum atomic E-state index is -1.72. The van der Waals surface area contributed by atoms with Crippen LogP contribution in [0.25, 0.3) is 0 Å². The Hall–Kier alpha value is -2.89. The Morgan fingerprint density at radius 2 is 1.71 bits per heavy atom. The fourth-order valence-corrected chi connectivity index (χ4v) is 3.32. The molecule has 0 saturated carbocycles. The van der Waals surface area contributed by atoms with E-state index in [0.29, 0.717) is 12.1 Å². The number of nitrogens with two attached hydrogens (primary N) is 1. The zero-order chi connectivity index (χ0) is 22.7. The summed E-state index contributed by atoms with van der Waals surface area (Å²) in [6, 6.07) is 8.96. The van der Waals surface area contributed by atoms with E-state index in [1.165, 1.54) is 0 Å². The van der Waals surface area contributed by atoms with Gasteiger partial charge in [0.05, 0.1) is 6.61 Å². The topological polar surface area (TPSA) is 183 Å². The molecule has 1 saturated heterocycles. The molecule has 0 amide bonds. The summed E-state index contributed by atoms with van der Waals surface area (Å²) >= 11 is 0. The first-order chi connectivity index (χ1) is 14.7. The molecule has 0 aromatic heterocycles. The lowest BCUT2D eigenvalue weighted by Gasteiger charge is -2.39. The predicted octanol–water partition coefficient (Wildman–Crippen LogP) is -0.326. The van der Waals surface area contributed by atoms with Crippen molar-refractivity contribution in [1.29, 1.82) is 0 Å². The Kier molecular flexibility index (Phi) is 6.98. The Morgan fingerprint density at radius 1 is 1.03 bits per heavy atom. The van der Waals surface area contributed by atoms with Crippen LogP contribution in [0.2, 0.25) is 0 Å². The van der Waals surface area contributed by atoms with Crippen LogP contribution in [0.4, 0.5) is 5.69 Å². The van der Waals surface area contributed by atoms with Gasteiger partial charge >= 0.3 is 0 Å². The van der Waals surface area contributed by atoms with Gasteiger partial charge in [0.15, 0.2) is 5.78 Å². The number of phenolic OH excluding ortho intramolecular Hbond substituents is 2. The molecule has 5 atom stereocenters. The van der Waals surface area contributed by atoms with Gasteiger partial charge in [0.25, 0.3) is 0 Å². The zero-order valence-electron chi connectivity index (χ0n) is 16.5. The number of rotatable bonds is 7. The molecular weight excluding hydrogens is 410 g/mol. The van der Waals surface area contributed by atoms with Gasteiger partial charge in [0.1, 0.15) is 47.2 Å². The van der Waals surface area contributed by atoms with Crippen molar-refractivity contribution < 1.29 is 44.9 Å². The van der Waals surface area contributed by atoms with Crippen LogP contribution in [0.15, 0.2) is 36.4 Å². The molecule has 0 spiro atoms. The van der Waals surface area contributed by atoms with E-state index in [-0.39, 0.29) is 17.7 Å². The highest BCUT2D eigenvalue weighted by atomic mass is 16.7. The lowest BCUT2D eigenvalue weighted by molar-refractivity contribution is -0.277. The van der Waals surface area contributed by atoms with Crippen LogP contribution >= 0.6 is 0 Å². The third-order valence-electron chi connectivity index (χ3n) is 5.06. The van der Waals surface area contributed by atoms with E-state index in [2.05, 4.69) is 0 Å². The predicted molar refractivity (Wildman–Crippen MR) is 108 cm³/mol. The molecule has 2 aromatic carbocycles. The smallest absolute Gasteiger partial charge is 0.229 e. The number of phenols is 2. The van der Waals surface area contributed by atoms with Crippen LogP contribution in [0.3, 0.4) is 0 Å². The third-order valence-corrected chi connectivity index (χ3v) is 5.06. The Bertz CT molecular complexity index is 916. The van der Waals surface area contributed by atoms with Gasteiger partial charge in [0.2, 0.25) is 6.29 Å². The number of benzene rings is 2. The van der Waals surface area contributed by atoms with Crippen molar-refractivity contribution in [1.82, 2.24) is 0 Å². The standard InChI is InChI=1S/C21H25NO9/c22-11-4-1-10(2-5-11)3-6-13(25)17-14(26)7-12(24)8-15(17)30-21-20(29)19(28)18(27)16(9-23)31-21/h1-2,4-5,7-8,16,18-21,23-24,26-29H,3,6,9,22H2. The fraction of sp³-hybridized carbons (Fsp3) is 0.381. The van der Waals surface area contributed by atoms with Gasteiger partial charge in [-0.3, -0.25) is 4.79 Å². The summed E-state index contributed by atoms with van der Waals surface area (Å²) in [6.45, 7) is -0.663. The maximum Gasteiger partial charge on any atom is 0.229 e. The normalized spacial score (nSPS) is 25.9. The number of ketones is 1. The molecule has 31 heavy (non-hydrogen) atoms. The minimum Gasteiger partial charge on any atom is -0.508 e. The molecule has 1 fully saturated rings. The number of aliphatic hydroxyl groups excluding tert-OH is 4.